The smallest absolute Gasteiger partial charge is 0.233 e. The van der Waals surface area contributed by atoms with Crippen LogP contribution in [0.2, 0.25) is 0 Å². The minimum Gasteiger partial charge on any atom is -0.497 e. The van der Waals surface area contributed by atoms with E-state index in [0.29, 0.717) is 6.04 Å². The third-order valence-corrected chi connectivity index (χ3v) is 6.30. The molecule has 0 radical (unpaired) electrons. The van der Waals surface area contributed by atoms with E-state index in [4.69, 9.17) is 4.74 Å². The molecular formula is C20H26N4O2. The fourth-order valence-corrected chi connectivity index (χ4v) is 4.51. The summed E-state index contributed by atoms with van der Waals surface area (Å²) in [6, 6.07) is 8.40. The number of hydrogen-bond acceptors (Lipinski definition) is 4. The highest BCUT2D eigenvalue weighted by molar-refractivity contribution is 5.93. The van der Waals surface area contributed by atoms with Gasteiger partial charge in [0.25, 0.3) is 0 Å². The van der Waals surface area contributed by atoms with Gasteiger partial charge >= 0.3 is 0 Å². The fourth-order valence-electron chi connectivity index (χ4n) is 4.51. The van der Waals surface area contributed by atoms with Crippen molar-refractivity contribution in [3.8, 4) is 5.75 Å². The summed E-state index contributed by atoms with van der Waals surface area (Å²) in [5.41, 5.74) is 0.696. The van der Waals surface area contributed by atoms with Crippen LogP contribution in [-0.4, -0.2) is 45.8 Å². The van der Waals surface area contributed by atoms with Gasteiger partial charge in [-0.15, -0.1) is 10.2 Å². The number of nitrogens with zero attached hydrogens (tertiary/aromatic N) is 4. The molecule has 2 heterocycles. The van der Waals surface area contributed by atoms with Gasteiger partial charge in [-0.1, -0.05) is 26.0 Å². The monoisotopic (exact) mass is 354 g/mol. The predicted octanol–water partition coefficient (Wildman–Crippen LogP) is 2.82. The lowest BCUT2D eigenvalue weighted by Crippen LogP contribution is -2.45. The number of rotatable bonds is 4. The molecule has 1 saturated heterocycles. The summed E-state index contributed by atoms with van der Waals surface area (Å²) in [6.45, 7) is 5.96. The Balaban J connectivity index is 1.52. The third-order valence-electron chi connectivity index (χ3n) is 6.30. The summed E-state index contributed by atoms with van der Waals surface area (Å²) >= 11 is 0. The van der Waals surface area contributed by atoms with Crippen LogP contribution in [0.15, 0.2) is 36.9 Å². The maximum absolute atomic E-state index is 13.5. The Hall–Kier alpha value is -2.37. The Morgan fingerprint density at radius 2 is 1.69 bits per heavy atom. The second kappa shape index (κ2) is 6.11. The highest BCUT2D eigenvalue weighted by Gasteiger charge is 2.68. The summed E-state index contributed by atoms with van der Waals surface area (Å²) in [6.07, 6.45) is 6.33. The van der Waals surface area contributed by atoms with Gasteiger partial charge in [0.15, 0.2) is 0 Å². The van der Waals surface area contributed by atoms with Gasteiger partial charge in [-0.05, 0) is 42.4 Å². The number of benzene rings is 1. The van der Waals surface area contributed by atoms with E-state index >= 15 is 0 Å². The van der Waals surface area contributed by atoms with Crippen LogP contribution in [0, 0.1) is 5.41 Å². The van der Waals surface area contributed by atoms with Crippen molar-refractivity contribution in [2.45, 2.75) is 44.6 Å². The highest BCUT2D eigenvalue weighted by Crippen LogP contribution is 2.65. The SMILES string of the molecule is COc1ccc(C2(C(=O)N3CCC(n4cnnc4)CC3)CC2(C)C)cc1. The largest absolute Gasteiger partial charge is 0.497 e. The predicted molar refractivity (Wildman–Crippen MR) is 97.9 cm³/mol. The summed E-state index contributed by atoms with van der Waals surface area (Å²) < 4.78 is 7.33. The molecular weight excluding hydrogens is 328 g/mol. The molecule has 1 aromatic carbocycles. The quantitative estimate of drug-likeness (QED) is 0.847. The molecule has 2 aromatic rings. The van der Waals surface area contributed by atoms with E-state index in [-0.39, 0.29) is 11.3 Å². The number of carbonyl (C=O) groups is 1. The number of piperidine rings is 1. The van der Waals surface area contributed by atoms with Gasteiger partial charge < -0.3 is 14.2 Å². The molecule has 0 N–H and O–H groups in total. The molecule has 1 unspecified atom stereocenters. The maximum Gasteiger partial charge on any atom is 0.233 e. The molecule has 6 heteroatoms. The van der Waals surface area contributed by atoms with Gasteiger partial charge in [-0.3, -0.25) is 4.79 Å². The molecule has 138 valence electrons. The van der Waals surface area contributed by atoms with E-state index < -0.39 is 5.41 Å². The van der Waals surface area contributed by atoms with Crippen LogP contribution in [0.3, 0.4) is 0 Å². The van der Waals surface area contributed by atoms with Crippen LogP contribution in [0.4, 0.5) is 0 Å². The van der Waals surface area contributed by atoms with Crippen LogP contribution in [0.1, 0.15) is 44.7 Å². The lowest BCUT2D eigenvalue weighted by atomic mass is 9.85. The van der Waals surface area contributed by atoms with Gasteiger partial charge in [-0.2, -0.15) is 0 Å². The molecule has 1 saturated carbocycles. The molecule has 0 bridgehead atoms. The van der Waals surface area contributed by atoms with Crippen LogP contribution in [0.5, 0.6) is 5.75 Å². The van der Waals surface area contributed by atoms with Crippen molar-refractivity contribution in [3.05, 3.63) is 42.5 Å². The van der Waals surface area contributed by atoms with Gasteiger partial charge in [0.2, 0.25) is 5.91 Å². The number of methoxy groups -OCH3 is 1. The van der Waals surface area contributed by atoms with E-state index in [0.717, 1.165) is 43.7 Å². The molecule has 1 aliphatic heterocycles. The van der Waals surface area contributed by atoms with Crippen molar-refractivity contribution in [3.63, 3.8) is 0 Å². The topological polar surface area (TPSA) is 60.2 Å². The average Bonchev–Trinajstić information content (AvgIpc) is 3.03. The number of hydrogen-bond donors (Lipinski definition) is 0. The Morgan fingerprint density at radius 3 is 2.19 bits per heavy atom. The minimum absolute atomic E-state index is 0.0101. The second-order valence-corrected chi connectivity index (χ2v) is 8.13. The van der Waals surface area contributed by atoms with E-state index in [1.54, 1.807) is 19.8 Å². The van der Waals surface area contributed by atoms with Crippen molar-refractivity contribution >= 4 is 5.91 Å². The van der Waals surface area contributed by atoms with Crippen molar-refractivity contribution in [2.24, 2.45) is 5.41 Å². The molecule has 4 rings (SSSR count). The van der Waals surface area contributed by atoms with E-state index in [2.05, 4.69) is 45.6 Å². The first-order chi connectivity index (χ1) is 12.5. The summed E-state index contributed by atoms with van der Waals surface area (Å²) in [4.78, 5) is 15.6. The summed E-state index contributed by atoms with van der Waals surface area (Å²) in [5.74, 6) is 1.10. The summed E-state index contributed by atoms with van der Waals surface area (Å²) in [7, 11) is 1.66. The zero-order valence-corrected chi connectivity index (χ0v) is 15.7. The third kappa shape index (κ3) is 2.59. The van der Waals surface area contributed by atoms with Gasteiger partial charge in [0, 0.05) is 19.1 Å². The lowest BCUT2D eigenvalue weighted by molar-refractivity contribution is -0.136. The van der Waals surface area contributed by atoms with E-state index in [1.807, 2.05) is 12.1 Å². The zero-order chi connectivity index (χ0) is 18.4. The molecule has 1 atom stereocenters. The summed E-state index contributed by atoms with van der Waals surface area (Å²) in [5, 5.41) is 7.79. The van der Waals surface area contributed by atoms with Crippen molar-refractivity contribution < 1.29 is 9.53 Å². The molecule has 2 fully saturated rings. The van der Waals surface area contributed by atoms with Crippen LogP contribution >= 0.6 is 0 Å². The average molecular weight is 354 g/mol. The van der Waals surface area contributed by atoms with Crippen LogP contribution < -0.4 is 4.74 Å². The molecule has 0 spiro atoms. The zero-order valence-electron chi connectivity index (χ0n) is 15.7. The van der Waals surface area contributed by atoms with Gasteiger partial charge in [0.1, 0.15) is 18.4 Å². The normalized spacial score (nSPS) is 25.1. The first-order valence-corrected chi connectivity index (χ1v) is 9.26. The molecule has 1 amide bonds. The van der Waals surface area contributed by atoms with E-state index in [1.165, 1.54) is 0 Å². The lowest BCUT2D eigenvalue weighted by Gasteiger charge is -2.36. The molecule has 1 aromatic heterocycles. The second-order valence-electron chi connectivity index (χ2n) is 8.13. The number of amides is 1. The Kier molecular flexibility index (Phi) is 4.01. The maximum atomic E-state index is 13.5. The molecule has 2 aliphatic rings. The Bertz CT molecular complexity index is 777. The molecule has 6 nitrogen and oxygen atoms in total. The van der Waals surface area contributed by atoms with Gasteiger partial charge in [-0.25, -0.2) is 0 Å². The molecule has 1 aliphatic carbocycles. The number of carbonyl (C=O) groups excluding carboxylic acids is 1. The fraction of sp³-hybridized carbons (Fsp3) is 0.550. The Labute approximate surface area is 154 Å². The van der Waals surface area contributed by atoms with Gasteiger partial charge in [0.05, 0.1) is 12.5 Å². The van der Waals surface area contributed by atoms with Crippen molar-refractivity contribution in [1.29, 1.82) is 0 Å². The highest BCUT2D eigenvalue weighted by atomic mass is 16.5. The standard InChI is InChI=1S/C20H26N4O2/c1-19(2)12-20(19,15-4-6-17(26-3)7-5-15)18(25)23-10-8-16(9-11-23)24-13-21-22-14-24/h4-7,13-14,16H,8-12H2,1-3H3. The first kappa shape index (κ1) is 17.1. The molecule has 26 heavy (non-hydrogen) atoms. The Morgan fingerprint density at radius 1 is 1.12 bits per heavy atom. The van der Waals surface area contributed by atoms with Crippen LogP contribution in [0.25, 0.3) is 0 Å². The number of likely N-dealkylation sites (tertiary alicyclic amines) is 1. The van der Waals surface area contributed by atoms with Crippen LogP contribution in [-0.2, 0) is 10.2 Å². The number of aromatic nitrogens is 3. The minimum atomic E-state index is -0.400. The van der Waals surface area contributed by atoms with E-state index in [9.17, 15) is 4.79 Å². The van der Waals surface area contributed by atoms with Crippen molar-refractivity contribution in [2.75, 3.05) is 20.2 Å². The first-order valence-electron chi connectivity index (χ1n) is 9.26. The van der Waals surface area contributed by atoms with Crippen molar-refractivity contribution in [1.82, 2.24) is 19.7 Å². The number of ether oxygens (including phenoxy) is 1.